The monoisotopic (exact) mass is 282 g/mol. The van der Waals surface area contributed by atoms with E-state index < -0.39 is 6.10 Å². The number of carbonyl (C=O) groups is 2. The first-order valence-electron chi connectivity index (χ1n) is 6.35. The highest BCUT2D eigenvalue weighted by atomic mass is 32.1. The van der Waals surface area contributed by atoms with Crippen LogP contribution in [0.1, 0.15) is 23.0 Å². The first-order chi connectivity index (χ1) is 9.08. The molecule has 0 bridgehead atoms. The number of likely N-dealkylation sites (tertiary alicyclic amines) is 1. The number of aliphatic hydroxyl groups is 1. The molecule has 0 aliphatic carbocycles. The fourth-order valence-corrected chi connectivity index (χ4v) is 2.81. The third kappa shape index (κ3) is 3.54. The van der Waals surface area contributed by atoms with Crippen molar-refractivity contribution in [3.05, 3.63) is 22.4 Å². The fourth-order valence-electron chi connectivity index (χ4n) is 2.17. The minimum absolute atomic E-state index is 0.0171. The van der Waals surface area contributed by atoms with Crippen LogP contribution in [0.15, 0.2) is 17.5 Å². The highest BCUT2D eigenvalue weighted by Gasteiger charge is 2.28. The van der Waals surface area contributed by atoms with Crippen LogP contribution in [0.3, 0.4) is 0 Å². The van der Waals surface area contributed by atoms with Crippen LogP contribution in [0.2, 0.25) is 0 Å². The highest BCUT2D eigenvalue weighted by molar-refractivity contribution is 7.12. The molecule has 19 heavy (non-hydrogen) atoms. The van der Waals surface area contributed by atoms with E-state index in [2.05, 4.69) is 5.32 Å². The topological polar surface area (TPSA) is 69.6 Å². The van der Waals surface area contributed by atoms with Gasteiger partial charge in [0, 0.05) is 19.0 Å². The maximum atomic E-state index is 11.9. The summed E-state index contributed by atoms with van der Waals surface area (Å²) in [5.41, 5.74) is 0. The van der Waals surface area contributed by atoms with Crippen LogP contribution < -0.4 is 5.32 Å². The van der Waals surface area contributed by atoms with Crippen LogP contribution >= 0.6 is 11.3 Å². The minimum atomic E-state index is -0.390. The molecule has 1 aliphatic heterocycles. The van der Waals surface area contributed by atoms with Crippen molar-refractivity contribution >= 4 is 23.2 Å². The summed E-state index contributed by atoms with van der Waals surface area (Å²) in [7, 11) is 0. The predicted octanol–water partition coefficient (Wildman–Crippen LogP) is 0.707. The molecule has 1 aliphatic rings. The summed E-state index contributed by atoms with van der Waals surface area (Å²) in [6, 6.07) is 3.53. The average molecular weight is 282 g/mol. The van der Waals surface area contributed by atoms with E-state index in [1.807, 2.05) is 5.38 Å². The van der Waals surface area contributed by atoms with Gasteiger partial charge in [-0.2, -0.15) is 0 Å². The predicted molar refractivity (Wildman–Crippen MR) is 73.0 cm³/mol. The van der Waals surface area contributed by atoms with Crippen molar-refractivity contribution in [2.75, 3.05) is 19.6 Å². The Balaban J connectivity index is 1.78. The van der Waals surface area contributed by atoms with Gasteiger partial charge in [-0.1, -0.05) is 6.07 Å². The van der Waals surface area contributed by atoms with Gasteiger partial charge in [0.15, 0.2) is 0 Å². The number of hydrogen-bond donors (Lipinski definition) is 2. The number of nitrogens with one attached hydrogen (secondary N) is 1. The molecule has 5 nitrogen and oxygen atoms in total. The van der Waals surface area contributed by atoms with Gasteiger partial charge in [0.25, 0.3) is 5.91 Å². The molecule has 2 unspecified atom stereocenters. The number of hydrogen-bond acceptors (Lipinski definition) is 4. The van der Waals surface area contributed by atoms with E-state index in [9.17, 15) is 14.7 Å². The van der Waals surface area contributed by atoms with E-state index in [-0.39, 0.29) is 24.3 Å². The summed E-state index contributed by atoms with van der Waals surface area (Å²) in [5.74, 6) is -0.153. The Labute approximate surface area is 116 Å². The number of thiophene rings is 1. The molecule has 0 radical (unpaired) electrons. The van der Waals surface area contributed by atoms with E-state index in [0.29, 0.717) is 18.0 Å². The van der Waals surface area contributed by atoms with E-state index in [4.69, 9.17) is 0 Å². The second kappa shape index (κ2) is 6.16. The summed E-state index contributed by atoms with van der Waals surface area (Å²) >= 11 is 1.35. The maximum Gasteiger partial charge on any atom is 0.261 e. The van der Waals surface area contributed by atoms with Crippen LogP contribution in [0, 0.1) is 5.92 Å². The zero-order valence-corrected chi connectivity index (χ0v) is 11.7. The maximum absolute atomic E-state index is 11.9. The summed E-state index contributed by atoms with van der Waals surface area (Å²) in [6.07, 6.45) is 0.431. The Bertz CT molecular complexity index is 445. The van der Waals surface area contributed by atoms with Gasteiger partial charge in [0.1, 0.15) is 0 Å². The summed E-state index contributed by atoms with van der Waals surface area (Å²) in [6.45, 7) is 3.00. The first-order valence-corrected chi connectivity index (χ1v) is 7.23. The quantitative estimate of drug-likeness (QED) is 0.854. The normalized spacial score (nSPS) is 20.3. The summed E-state index contributed by atoms with van der Waals surface area (Å²) in [5, 5.41) is 13.9. The van der Waals surface area contributed by atoms with Crippen LogP contribution in [0.5, 0.6) is 0 Å². The molecule has 0 saturated carbocycles. The van der Waals surface area contributed by atoms with E-state index >= 15 is 0 Å². The van der Waals surface area contributed by atoms with Crippen molar-refractivity contribution in [2.45, 2.75) is 19.4 Å². The number of carbonyl (C=O) groups excluding carboxylic acids is 2. The lowest BCUT2D eigenvalue weighted by molar-refractivity contribution is -0.129. The van der Waals surface area contributed by atoms with E-state index in [1.54, 1.807) is 24.0 Å². The van der Waals surface area contributed by atoms with Crippen molar-refractivity contribution in [3.63, 3.8) is 0 Å². The van der Waals surface area contributed by atoms with E-state index in [0.717, 1.165) is 6.42 Å². The fraction of sp³-hybridized carbons (Fsp3) is 0.538. The summed E-state index contributed by atoms with van der Waals surface area (Å²) in [4.78, 5) is 25.9. The molecule has 0 spiro atoms. The third-order valence-corrected chi connectivity index (χ3v) is 4.27. The zero-order valence-electron chi connectivity index (χ0n) is 10.8. The van der Waals surface area contributed by atoms with Gasteiger partial charge in [-0.25, -0.2) is 0 Å². The lowest BCUT2D eigenvalue weighted by Gasteiger charge is -2.17. The first kappa shape index (κ1) is 14.0. The number of amides is 2. The smallest absolute Gasteiger partial charge is 0.261 e. The number of aliphatic hydroxyl groups excluding tert-OH is 1. The van der Waals surface area contributed by atoms with Crippen LogP contribution in [-0.4, -0.2) is 47.6 Å². The Morgan fingerprint density at radius 3 is 3.00 bits per heavy atom. The second-order valence-corrected chi connectivity index (χ2v) is 5.74. The van der Waals surface area contributed by atoms with Gasteiger partial charge in [-0.3, -0.25) is 9.59 Å². The largest absolute Gasteiger partial charge is 0.393 e. The minimum Gasteiger partial charge on any atom is -0.393 e. The Kier molecular flexibility index (Phi) is 4.55. The molecule has 2 heterocycles. The van der Waals surface area contributed by atoms with E-state index in [1.165, 1.54) is 11.3 Å². The van der Waals surface area contributed by atoms with Gasteiger partial charge in [-0.05, 0) is 24.8 Å². The molecule has 0 aromatic carbocycles. The van der Waals surface area contributed by atoms with Crippen LogP contribution in [-0.2, 0) is 4.79 Å². The molecule has 104 valence electrons. The van der Waals surface area contributed by atoms with Crippen molar-refractivity contribution < 1.29 is 14.7 Å². The summed E-state index contributed by atoms with van der Waals surface area (Å²) < 4.78 is 0. The SMILES string of the molecule is CC(O)C1CCN(C(=O)CNC(=O)c2cccs2)C1. The molecule has 1 fully saturated rings. The van der Waals surface area contributed by atoms with Gasteiger partial charge in [0.2, 0.25) is 5.91 Å². The molecule has 6 heteroatoms. The molecule has 1 aromatic rings. The zero-order chi connectivity index (χ0) is 13.8. The molecule has 2 atom stereocenters. The number of rotatable bonds is 4. The lowest BCUT2D eigenvalue weighted by Crippen LogP contribution is -2.39. The van der Waals surface area contributed by atoms with Gasteiger partial charge in [-0.15, -0.1) is 11.3 Å². The second-order valence-electron chi connectivity index (χ2n) is 4.79. The Morgan fingerprint density at radius 2 is 2.42 bits per heavy atom. The Hall–Kier alpha value is -1.40. The lowest BCUT2D eigenvalue weighted by atomic mass is 10.0. The molecule has 1 saturated heterocycles. The van der Waals surface area contributed by atoms with Crippen molar-refractivity contribution in [1.82, 2.24) is 10.2 Å². The Morgan fingerprint density at radius 1 is 1.63 bits per heavy atom. The van der Waals surface area contributed by atoms with Crippen molar-refractivity contribution in [3.8, 4) is 0 Å². The van der Waals surface area contributed by atoms with Gasteiger partial charge < -0.3 is 15.3 Å². The number of nitrogens with zero attached hydrogens (tertiary/aromatic N) is 1. The van der Waals surface area contributed by atoms with Crippen molar-refractivity contribution in [1.29, 1.82) is 0 Å². The molecular weight excluding hydrogens is 264 g/mol. The molecule has 2 N–H and O–H groups in total. The van der Waals surface area contributed by atoms with Crippen LogP contribution in [0.25, 0.3) is 0 Å². The standard InChI is InChI=1S/C13H18N2O3S/c1-9(16)10-4-5-15(8-10)12(17)7-14-13(18)11-3-2-6-19-11/h2-3,6,9-10,16H,4-5,7-8H2,1H3,(H,14,18). The molecular formula is C13H18N2O3S. The van der Waals surface area contributed by atoms with Gasteiger partial charge >= 0.3 is 0 Å². The van der Waals surface area contributed by atoms with Crippen LogP contribution in [0.4, 0.5) is 0 Å². The highest BCUT2D eigenvalue weighted by Crippen LogP contribution is 2.19. The van der Waals surface area contributed by atoms with Gasteiger partial charge in [0.05, 0.1) is 17.5 Å². The molecule has 1 aromatic heterocycles. The van der Waals surface area contributed by atoms with Crippen molar-refractivity contribution in [2.24, 2.45) is 5.92 Å². The third-order valence-electron chi connectivity index (χ3n) is 3.40. The average Bonchev–Trinajstić information content (AvgIpc) is 3.05. The molecule has 2 rings (SSSR count). The molecule has 2 amide bonds.